The monoisotopic (exact) mass is 330 g/mol. The van der Waals surface area contributed by atoms with E-state index in [1.54, 1.807) is 0 Å². The quantitative estimate of drug-likeness (QED) is 0.683. The summed E-state index contributed by atoms with van der Waals surface area (Å²) in [4.78, 5) is 2.49. The van der Waals surface area contributed by atoms with E-state index in [0.29, 0.717) is 6.54 Å². The molecule has 25 heavy (non-hydrogen) atoms. The molecule has 0 radical (unpaired) electrons. The Labute approximate surface area is 150 Å². The smallest absolute Gasteiger partial charge is 0.0240 e. The van der Waals surface area contributed by atoms with Crippen molar-refractivity contribution >= 4 is 0 Å². The van der Waals surface area contributed by atoms with Gasteiger partial charge in [-0.25, -0.2) is 0 Å². The van der Waals surface area contributed by atoms with Gasteiger partial charge in [0, 0.05) is 26.2 Å². The Balaban J connectivity index is 1.80. The number of rotatable bonds is 7. The van der Waals surface area contributed by atoms with Crippen LogP contribution < -0.4 is 5.73 Å². The largest absolute Gasteiger partial charge is 0.326 e. The van der Waals surface area contributed by atoms with Crippen LogP contribution in [0, 0.1) is 6.92 Å². The summed E-state index contributed by atoms with van der Waals surface area (Å²) in [6.07, 6.45) is 0. The van der Waals surface area contributed by atoms with Crippen molar-refractivity contribution in [2.75, 3.05) is 0 Å². The maximum absolute atomic E-state index is 5.80. The maximum Gasteiger partial charge on any atom is 0.0240 e. The van der Waals surface area contributed by atoms with E-state index in [1.807, 2.05) is 0 Å². The first-order valence-corrected chi connectivity index (χ1v) is 8.82. The second-order valence-corrected chi connectivity index (χ2v) is 6.64. The van der Waals surface area contributed by atoms with Gasteiger partial charge >= 0.3 is 0 Å². The number of hydrogen-bond acceptors (Lipinski definition) is 2. The fraction of sp³-hybridized carbons (Fsp3) is 0.217. The number of nitrogens with zero attached hydrogens (tertiary/aromatic N) is 1. The molecule has 0 aromatic heterocycles. The molecule has 0 fully saturated rings. The lowest BCUT2D eigenvalue weighted by molar-refractivity contribution is 0.247. The third-order valence-electron chi connectivity index (χ3n) is 4.37. The Bertz CT molecular complexity index is 796. The van der Waals surface area contributed by atoms with Crippen LogP contribution in [-0.2, 0) is 26.2 Å². The second-order valence-electron chi connectivity index (χ2n) is 6.64. The molecule has 3 aromatic carbocycles. The third kappa shape index (κ3) is 5.28. The Kier molecular flexibility index (Phi) is 5.99. The molecule has 0 saturated carbocycles. The number of hydrogen-bond donors (Lipinski definition) is 1. The summed E-state index contributed by atoms with van der Waals surface area (Å²) in [6, 6.07) is 28.0. The van der Waals surface area contributed by atoms with E-state index in [-0.39, 0.29) is 0 Å². The summed E-state index contributed by atoms with van der Waals surface area (Å²) in [6.45, 7) is 5.52. The van der Waals surface area contributed by atoms with Crippen LogP contribution in [0.4, 0.5) is 0 Å². The fourth-order valence-electron chi connectivity index (χ4n) is 3.19. The molecule has 0 unspecified atom stereocenters. The highest BCUT2D eigenvalue weighted by molar-refractivity contribution is 5.25. The van der Waals surface area contributed by atoms with Crippen molar-refractivity contribution in [3.8, 4) is 0 Å². The maximum atomic E-state index is 5.80. The molecule has 0 spiro atoms. The summed E-state index contributed by atoms with van der Waals surface area (Å²) in [5, 5.41) is 0. The minimum absolute atomic E-state index is 0.588. The van der Waals surface area contributed by atoms with Crippen molar-refractivity contribution in [2.24, 2.45) is 5.73 Å². The molecule has 2 N–H and O–H groups in total. The molecule has 0 bridgehead atoms. The van der Waals surface area contributed by atoms with Crippen LogP contribution in [0.5, 0.6) is 0 Å². The van der Waals surface area contributed by atoms with Crippen LogP contribution in [0.3, 0.4) is 0 Å². The lowest BCUT2D eigenvalue weighted by Gasteiger charge is -2.23. The first-order valence-electron chi connectivity index (χ1n) is 8.82. The van der Waals surface area contributed by atoms with Gasteiger partial charge in [0.15, 0.2) is 0 Å². The zero-order chi connectivity index (χ0) is 17.5. The first kappa shape index (κ1) is 17.4. The van der Waals surface area contributed by atoms with Gasteiger partial charge in [0.25, 0.3) is 0 Å². The standard InChI is InChI=1S/C23H26N2/c1-19-7-5-11-22(13-19)17-25(16-20-8-3-2-4-9-20)18-23-12-6-10-21(14-23)15-24/h2-14H,15-18,24H2,1H3. The summed E-state index contributed by atoms with van der Waals surface area (Å²) in [5.41, 5.74) is 12.3. The normalized spacial score (nSPS) is 11.0. The molecule has 0 amide bonds. The molecule has 3 aromatic rings. The molecule has 128 valence electrons. The van der Waals surface area contributed by atoms with Crippen LogP contribution in [0.25, 0.3) is 0 Å². The predicted molar refractivity (Wildman–Crippen MR) is 105 cm³/mol. The van der Waals surface area contributed by atoms with Crippen molar-refractivity contribution in [3.05, 3.63) is 107 Å². The second kappa shape index (κ2) is 8.61. The number of nitrogens with two attached hydrogens (primary N) is 1. The Morgan fingerprint density at radius 2 is 1.20 bits per heavy atom. The predicted octanol–water partition coefficient (Wildman–Crippen LogP) is 4.66. The van der Waals surface area contributed by atoms with Crippen LogP contribution in [0.2, 0.25) is 0 Å². The topological polar surface area (TPSA) is 29.3 Å². The van der Waals surface area contributed by atoms with Crippen molar-refractivity contribution in [3.63, 3.8) is 0 Å². The molecule has 0 heterocycles. The Morgan fingerprint density at radius 3 is 1.88 bits per heavy atom. The van der Waals surface area contributed by atoms with Gasteiger partial charge in [0.2, 0.25) is 0 Å². The van der Waals surface area contributed by atoms with Gasteiger partial charge in [-0.2, -0.15) is 0 Å². The zero-order valence-electron chi connectivity index (χ0n) is 14.9. The summed E-state index contributed by atoms with van der Waals surface area (Å²) in [5.74, 6) is 0. The lowest BCUT2D eigenvalue weighted by atomic mass is 10.1. The highest BCUT2D eigenvalue weighted by Crippen LogP contribution is 2.16. The van der Waals surface area contributed by atoms with E-state index >= 15 is 0 Å². The molecular formula is C23H26N2. The van der Waals surface area contributed by atoms with E-state index < -0.39 is 0 Å². The van der Waals surface area contributed by atoms with Crippen molar-refractivity contribution in [1.82, 2.24) is 4.90 Å². The molecule has 2 nitrogen and oxygen atoms in total. The van der Waals surface area contributed by atoms with Crippen LogP contribution >= 0.6 is 0 Å². The fourth-order valence-corrected chi connectivity index (χ4v) is 3.19. The zero-order valence-corrected chi connectivity index (χ0v) is 14.9. The van der Waals surface area contributed by atoms with Crippen LogP contribution in [0.1, 0.15) is 27.8 Å². The summed E-state index contributed by atoms with van der Waals surface area (Å²) >= 11 is 0. The third-order valence-corrected chi connectivity index (χ3v) is 4.37. The Hall–Kier alpha value is -2.42. The molecular weight excluding hydrogens is 304 g/mol. The van der Waals surface area contributed by atoms with Gasteiger partial charge in [0.1, 0.15) is 0 Å². The van der Waals surface area contributed by atoms with Crippen molar-refractivity contribution < 1.29 is 0 Å². The van der Waals surface area contributed by atoms with E-state index in [2.05, 4.69) is 90.7 Å². The molecule has 2 heteroatoms. The van der Waals surface area contributed by atoms with Crippen molar-refractivity contribution in [2.45, 2.75) is 33.1 Å². The highest BCUT2D eigenvalue weighted by Gasteiger charge is 2.09. The molecule has 0 aliphatic heterocycles. The van der Waals surface area contributed by atoms with Gasteiger partial charge in [-0.05, 0) is 29.2 Å². The summed E-state index contributed by atoms with van der Waals surface area (Å²) in [7, 11) is 0. The van der Waals surface area contributed by atoms with E-state index in [9.17, 15) is 0 Å². The minimum atomic E-state index is 0.588. The number of aryl methyl sites for hydroxylation is 1. The molecule has 0 saturated heterocycles. The molecule has 0 atom stereocenters. The van der Waals surface area contributed by atoms with Crippen molar-refractivity contribution in [1.29, 1.82) is 0 Å². The Morgan fingerprint density at radius 1 is 0.640 bits per heavy atom. The van der Waals surface area contributed by atoms with E-state index in [0.717, 1.165) is 19.6 Å². The van der Waals surface area contributed by atoms with Gasteiger partial charge in [0.05, 0.1) is 0 Å². The van der Waals surface area contributed by atoms with Gasteiger partial charge < -0.3 is 5.73 Å². The first-order chi connectivity index (χ1) is 12.2. The van der Waals surface area contributed by atoms with E-state index in [1.165, 1.54) is 27.8 Å². The van der Waals surface area contributed by atoms with Gasteiger partial charge in [-0.1, -0.05) is 84.4 Å². The van der Waals surface area contributed by atoms with Crippen LogP contribution in [-0.4, -0.2) is 4.90 Å². The average Bonchev–Trinajstić information content (AvgIpc) is 2.63. The van der Waals surface area contributed by atoms with Crippen LogP contribution in [0.15, 0.2) is 78.9 Å². The number of benzene rings is 3. The highest BCUT2D eigenvalue weighted by atomic mass is 15.1. The summed E-state index contributed by atoms with van der Waals surface area (Å²) < 4.78 is 0. The SMILES string of the molecule is Cc1cccc(CN(Cc2ccccc2)Cc2cccc(CN)c2)c1. The lowest BCUT2D eigenvalue weighted by Crippen LogP contribution is -2.22. The molecule has 0 aliphatic rings. The molecule has 0 aliphatic carbocycles. The van der Waals surface area contributed by atoms with Gasteiger partial charge in [-0.3, -0.25) is 4.90 Å². The van der Waals surface area contributed by atoms with Gasteiger partial charge in [-0.15, -0.1) is 0 Å². The minimum Gasteiger partial charge on any atom is -0.326 e. The average molecular weight is 330 g/mol. The molecule has 3 rings (SSSR count). The van der Waals surface area contributed by atoms with E-state index in [4.69, 9.17) is 5.73 Å².